The number of nitrogens with one attached hydrogen (secondary N) is 1. The van der Waals surface area contributed by atoms with Gasteiger partial charge in [0, 0.05) is 22.9 Å². The topological polar surface area (TPSA) is 21.3 Å². The van der Waals surface area contributed by atoms with E-state index in [4.69, 9.17) is 4.74 Å². The standard InChI is InChI=1S/C16H29NOS/c1-13(2)18-11-7-6-10-17-12-14-8-9-15(19-14)16(3,4)5/h8-9,13,17H,6-7,10-12H2,1-5H3. The molecule has 1 heterocycles. The van der Waals surface area contributed by atoms with E-state index in [2.05, 4.69) is 52.1 Å². The van der Waals surface area contributed by atoms with Crippen LogP contribution in [-0.2, 0) is 16.7 Å². The first-order valence-electron chi connectivity index (χ1n) is 7.31. The van der Waals surface area contributed by atoms with Crippen LogP contribution in [0.1, 0.15) is 57.2 Å². The number of ether oxygens (including phenoxy) is 1. The summed E-state index contributed by atoms with van der Waals surface area (Å²) in [6, 6.07) is 4.51. The van der Waals surface area contributed by atoms with Crippen molar-refractivity contribution in [1.82, 2.24) is 5.32 Å². The van der Waals surface area contributed by atoms with Crippen molar-refractivity contribution in [3.8, 4) is 0 Å². The molecule has 2 nitrogen and oxygen atoms in total. The zero-order chi connectivity index (χ0) is 14.3. The number of hydrogen-bond acceptors (Lipinski definition) is 3. The van der Waals surface area contributed by atoms with Crippen LogP contribution < -0.4 is 5.32 Å². The van der Waals surface area contributed by atoms with E-state index in [0.29, 0.717) is 6.10 Å². The molecule has 110 valence electrons. The zero-order valence-corrected chi connectivity index (χ0v) is 13.9. The van der Waals surface area contributed by atoms with Crippen molar-refractivity contribution in [3.05, 3.63) is 21.9 Å². The normalized spacial score (nSPS) is 12.3. The summed E-state index contributed by atoms with van der Waals surface area (Å²) in [5.74, 6) is 0. The smallest absolute Gasteiger partial charge is 0.0518 e. The van der Waals surface area contributed by atoms with E-state index in [1.54, 1.807) is 0 Å². The Kier molecular flexibility index (Phi) is 7.05. The summed E-state index contributed by atoms with van der Waals surface area (Å²) in [7, 11) is 0. The third kappa shape index (κ3) is 7.09. The van der Waals surface area contributed by atoms with E-state index >= 15 is 0 Å². The van der Waals surface area contributed by atoms with Gasteiger partial charge in [0.15, 0.2) is 0 Å². The zero-order valence-electron chi connectivity index (χ0n) is 13.1. The molecule has 0 fully saturated rings. The van der Waals surface area contributed by atoms with Crippen LogP contribution in [0, 0.1) is 0 Å². The average Bonchev–Trinajstić information content (AvgIpc) is 2.75. The first-order valence-corrected chi connectivity index (χ1v) is 8.13. The molecule has 0 amide bonds. The van der Waals surface area contributed by atoms with E-state index in [1.165, 1.54) is 16.2 Å². The second-order valence-electron chi connectivity index (χ2n) is 6.32. The Bertz CT molecular complexity index is 352. The van der Waals surface area contributed by atoms with E-state index < -0.39 is 0 Å². The van der Waals surface area contributed by atoms with Crippen LogP contribution in [0.25, 0.3) is 0 Å². The van der Waals surface area contributed by atoms with Crippen molar-refractivity contribution >= 4 is 11.3 Å². The molecule has 1 rings (SSSR count). The Morgan fingerprint density at radius 1 is 1.21 bits per heavy atom. The second kappa shape index (κ2) is 8.03. The highest BCUT2D eigenvalue weighted by molar-refractivity contribution is 7.12. The third-order valence-electron chi connectivity index (χ3n) is 2.90. The molecule has 0 aromatic carbocycles. The van der Waals surface area contributed by atoms with Crippen LogP contribution in [0.4, 0.5) is 0 Å². The molecule has 0 radical (unpaired) electrons. The van der Waals surface area contributed by atoms with Crippen molar-refractivity contribution < 1.29 is 4.74 Å². The van der Waals surface area contributed by atoms with Gasteiger partial charge in [-0.25, -0.2) is 0 Å². The summed E-state index contributed by atoms with van der Waals surface area (Å²) in [5.41, 5.74) is 0.275. The van der Waals surface area contributed by atoms with E-state index in [-0.39, 0.29) is 5.41 Å². The van der Waals surface area contributed by atoms with Crippen molar-refractivity contribution in [1.29, 1.82) is 0 Å². The van der Waals surface area contributed by atoms with Gasteiger partial charge in [0.05, 0.1) is 6.10 Å². The van der Waals surface area contributed by atoms with Crippen LogP contribution in [0.5, 0.6) is 0 Å². The third-order valence-corrected chi connectivity index (χ3v) is 4.41. The molecule has 3 heteroatoms. The number of thiophene rings is 1. The van der Waals surface area contributed by atoms with Crippen molar-refractivity contribution in [2.45, 2.75) is 65.5 Å². The molecule has 0 saturated heterocycles. The lowest BCUT2D eigenvalue weighted by Crippen LogP contribution is -2.15. The SMILES string of the molecule is CC(C)OCCCCNCc1ccc(C(C)(C)C)s1. The summed E-state index contributed by atoms with van der Waals surface area (Å²) in [6.45, 7) is 13.9. The molecule has 0 spiro atoms. The monoisotopic (exact) mass is 283 g/mol. The van der Waals surface area contributed by atoms with Gasteiger partial charge in [-0.3, -0.25) is 0 Å². The summed E-state index contributed by atoms with van der Waals surface area (Å²) in [6.07, 6.45) is 2.68. The van der Waals surface area contributed by atoms with Gasteiger partial charge in [-0.2, -0.15) is 0 Å². The molecule has 1 aromatic rings. The highest BCUT2D eigenvalue weighted by atomic mass is 32.1. The van der Waals surface area contributed by atoms with Gasteiger partial charge in [0.1, 0.15) is 0 Å². The van der Waals surface area contributed by atoms with Crippen molar-refractivity contribution in [2.75, 3.05) is 13.2 Å². The van der Waals surface area contributed by atoms with Gasteiger partial charge in [-0.1, -0.05) is 20.8 Å². The molecular formula is C16H29NOS. The number of unbranched alkanes of at least 4 members (excludes halogenated alkanes) is 1. The largest absolute Gasteiger partial charge is 0.379 e. The van der Waals surface area contributed by atoms with E-state index in [1.807, 2.05) is 11.3 Å². The molecule has 0 atom stereocenters. The lowest BCUT2D eigenvalue weighted by atomic mass is 9.95. The van der Waals surface area contributed by atoms with Gasteiger partial charge < -0.3 is 10.1 Å². The molecule has 19 heavy (non-hydrogen) atoms. The van der Waals surface area contributed by atoms with Gasteiger partial charge in [-0.15, -0.1) is 11.3 Å². The van der Waals surface area contributed by atoms with E-state index in [9.17, 15) is 0 Å². The maximum absolute atomic E-state index is 5.52. The van der Waals surface area contributed by atoms with Gasteiger partial charge in [0.2, 0.25) is 0 Å². The predicted molar refractivity (Wildman–Crippen MR) is 85.0 cm³/mol. The average molecular weight is 283 g/mol. The minimum absolute atomic E-state index is 0.275. The lowest BCUT2D eigenvalue weighted by Gasteiger charge is -2.15. The van der Waals surface area contributed by atoms with Gasteiger partial charge in [0.25, 0.3) is 0 Å². The van der Waals surface area contributed by atoms with Crippen molar-refractivity contribution in [2.24, 2.45) is 0 Å². The summed E-state index contributed by atoms with van der Waals surface area (Å²) in [4.78, 5) is 2.90. The fourth-order valence-corrected chi connectivity index (χ4v) is 2.79. The molecule has 0 unspecified atom stereocenters. The maximum Gasteiger partial charge on any atom is 0.0518 e. The van der Waals surface area contributed by atoms with Gasteiger partial charge >= 0.3 is 0 Å². The number of rotatable bonds is 8. The fourth-order valence-electron chi connectivity index (χ4n) is 1.76. The lowest BCUT2D eigenvalue weighted by molar-refractivity contribution is 0.0760. The van der Waals surface area contributed by atoms with Crippen molar-refractivity contribution in [3.63, 3.8) is 0 Å². The first kappa shape index (κ1) is 16.7. The van der Waals surface area contributed by atoms with Crippen LogP contribution >= 0.6 is 11.3 Å². The van der Waals surface area contributed by atoms with Crippen LogP contribution in [0.2, 0.25) is 0 Å². The molecule has 0 aliphatic heterocycles. The Morgan fingerprint density at radius 3 is 2.53 bits per heavy atom. The second-order valence-corrected chi connectivity index (χ2v) is 7.49. The predicted octanol–water partition coefficient (Wildman–Crippen LogP) is 4.34. The van der Waals surface area contributed by atoms with Crippen LogP contribution in [0.3, 0.4) is 0 Å². The minimum Gasteiger partial charge on any atom is -0.379 e. The Hall–Kier alpha value is -0.380. The van der Waals surface area contributed by atoms with Gasteiger partial charge in [-0.05, 0) is 50.8 Å². The Morgan fingerprint density at radius 2 is 1.95 bits per heavy atom. The summed E-state index contributed by atoms with van der Waals surface area (Å²) >= 11 is 1.92. The molecule has 0 aliphatic rings. The highest BCUT2D eigenvalue weighted by Crippen LogP contribution is 2.29. The van der Waals surface area contributed by atoms with Crippen LogP contribution in [0.15, 0.2) is 12.1 Å². The maximum atomic E-state index is 5.52. The summed E-state index contributed by atoms with van der Waals surface area (Å²) < 4.78 is 5.52. The Labute approximate surface area is 122 Å². The molecular weight excluding hydrogens is 254 g/mol. The fraction of sp³-hybridized carbons (Fsp3) is 0.750. The molecule has 1 N–H and O–H groups in total. The molecule has 0 bridgehead atoms. The first-order chi connectivity index (χ1) is 8.89. The minimum atomic E-state index is 0.275. The molecule has 0 aliphatic carbocycles. The summed E-state index contributed by atoms with van der Waals surface area (Å²) in [5, 5.41) is 3.51. The molecule has 1 aromatic heterocycles. The molecule has 0 saturated carbocycles. The highest BCUT2D eigenvalue weighted by Gasteiger charge is 2.15. The number of hydrogen-bond donors (Lipinski definition) is 1. The quantitative estimate of drug-likeness (QED) is 0.717. The van der Waals surface area contributed by atoms with Crippen LogP contribution in [-0.4, -0.2) is 19.3 Å². The Balaban J connectivity index is 2.11. The van der Waals surface area contributed by atoms with E-state index in [0.717, 1.165) is 26.1 Å².